The van der Waals surface area contributed by atoms with Crippen LogP contribution in [0.3, 0.4) is 0 Å². The van der Waals surface area contributed by atoms with E-state index in [1.165, 1.54) is 83.5 Å². The third-order valence-electron chi connectivity index (χ3n) is 6.23. The summed E-state index contributed by atoms with van der Waals surface area (Å²) in [6, 6.07) is 0. The number of aliphatic carboxylic acids is 2. The molecule has 0 fully saturated rings. The van der Waals surface area contributed by atoms with Crippen molar-refractivity contribution in [1.82, 2.24) is 0 Å². The summed E-state index contributed by atoms with van der Waals surface area (Å²) in [4.78, 5) is 21.8. The molecule has 0 bridgehead atoms. The van der Waals surface area contributed by atoms with E-state index in [1.54, 1.807) is 0 Å². The Labute approximate surface area is 173 Å². The summed E-state index contributed by atoms with van der Waals surface area (Å²) >= 11 is 0. The van der Waals surface area contributed by atoms with Crippen LogP contribution in [0.4, 0.5) is 0 Å². The molecule has 0 aliphatic rings. The maximum Gasteiger partial charge on any atom is 0.317 e. The molecule has 0 unspecified atom stereocenters. The topological polar surface area (TPSA) is 74.6 Å². The van der Waals surface area contributed by atoms with Crippen LogP contribution in [0.25, 0.3) is 0 Å². The Balaban J connectivity index is 4.20. The van der Waals surface area contributed by atoms with Gasteiger partial charge in [-0.1, -0.05) is 97.8 Å². The molecule has 0 aliphatic heterocycles. The first-order valence-electron chi connectivity index (χ1n) is 11.9. The van der Waals surface area contributed by atoms with Crippen molar-refractivity contribution in [3.63, 3.8) is 0 Å². The highest BCUT2D eigenvalue weighted by atomic mass is 16.4. The molecule has 0 aromatic rings. The summed E-state index contributed by atoms with van der Waals surface area (Å²) < 4.78 is 0. The van der Waals surface area contributed by atoms with Crippen LogP contribution < -0.4 is 0 Å². The average molecular weight is 399 g/mol. The van der Waals surface area contributed by atoms with Crippen molar-refractivity contribution in [2.24, 2.45) is 11.3 Å². The van der Waals surface area contributed by atoms with Gasteiger partial charge < -0.3 is 10.2 Å². The van der Waals surface area contributed by atoms with E-state index in [9.17, 15) is 9.59 Å². The summed E-state index contributed by atoms with van der Waals surface area (Å²) in [5.74, 6) is -3.67. The number of unbranched alkanes of at least 4 members (excludes halogenated alkanes) is 8. The molecule has 4 nitrogen and oxygen atoms in total. The molecule has 166 valence electrons. The lowest BCUT2D eigenvalue weighted by Crippen LogP contribution is -2.23. The molecule has 2 N–H and O–H groups in total. The number of hydrogen-bond donors (Lipinski definition) is 2. The van der Waals surface area contributed by atoms with Gasteiger partial charge in [-0.05, 0) is 37.5 Å². The highest BCUT2D eigenvalue weighted by molar-refractivity contribution is 5.92. The van der Waals surface area contributed by atoms with Gasteiger partial charge in [0.15, 0.2) is 5.92 Å². The van der Waals surface area contributed by atoms with Gasteiger partial charge in [-0.25, -0.2) is 0 Å². The van der Waals surface area contributed by atoms with Crippen molar-refractivity contribution < 1.29 is 19.8 Å². The van der Waals surface area contributed by atoms with Gasteiger partial charge in [-0.15, -0.1) is 0 Å². The molecule has 0 aromatic carbocycles. The van der Waals surface area contributed by atoms with Crippen molar-refractivity contribution in [2.75, 3.05) is 0 Å². The van der Waals surface area contributed by atoms with Crippen LogP contribution in [0.2, 0.25) is 0 Å². The monoisotopic (exact) mass is 398 g/mol. The number of hydrogen-bond acceptors (Lipinski definition) is 2. The predicted molar refractivity (Wildman–Crippen MR) is 117 cm³/mol. The molecule has 4 heteroatoms. The third-order valence-corrected chi connectivity index (χ3v) is 6.23. The zero-order valence-electron chi connectivity index (χ0n) is 18.8. The molecule has 0 amide bonds. The lowest BCUT2D eigenvalue weighted by atomic mass is 9.71. The van der Waals surface area contributed by atoms with Crippen molar-refractivity contribution in [3.8, 4) is 0 Å². The minimum absolute atomic E-state index is 0.249. The van der Waals surface area contributed by atoms with Gasteiger partial charge in [0.05, 0.1) is 0 Å². The molecule has 0 saturated carbocycles. The zero-order valence-corrected chi connectivity index (χ0v) is 18.8. The highest BCUT2D eigenvalue weighted by Crippen LogP contribution is 2.41. The number of rotatable bonds is 20. The number of carboxylic acid groups (broad SMARTS) is 2. The quantitative estimate of drug-likeness (QED) is 0.165. The van der Waals surface area contributed by atoms with Gasteiger partial charge in [-0.2, -0.15) is 0 Å². The summed E-state index contributed by atoms with van der Waals surface area (Å²) in [5, 5.41) is 17.8. The summed E-state index contributed by atoms with van der Waals surface area (Å²) in [6.07, 6.45) is 20.1. The van der Waals surface area contributed by atoms with E-state index in [4.69, 9.17) is 10.2 Å². The molecule has 0 saturated heterocycles. The predicted octanol–water partition coefficient (Wildman–Crippen LogP) is 7.45. The van der Waals surface area contributed by atoms with Gasteiger partial charge in [0.25, 0.3) is 0 Å². The van der Waals surface area contributed by atoms with Gasteiger partial charge in [-0.3, -0.25) is 9.59 Å². The fourth-order valence-corrected chi connectivity index (χ4v) is 4.31. The molecule has 0 spiro atoms. The number of carboxylic acids is 2. The van der Waals surface area contributed by atoms with Crippen molar-refractivity contribution in [1.29, 1.82) is 0 Å². The molecule has 28 heavy (non-hydrogen) atoms. The first kappa shape index (κ1) is 26.9. The van der Waals surface area contributed by atoms with E-state index in [0.29, 0.717) is 11.8 Å². The Kier molecular flexibility index (Phi) is 16.2. The second-order valence-corrected chi connectivity index (χ2v) is 8.70. The van der Waals surface area contributed by atoms with Crippen LogP contribution in [0.1, 0.15) is 130 Å². The minimum atomic E-state index is -1.24. The second-order valence-electron chi connectivity index (χ2n) is 8.70. The van der Waals surface area contributed by atoms with Gasteiger partial charge in [0.1, 0.15) is 0 Å². The Morgan fingerprint density at radius 2 is 0.964 bits per heavy atom. The van der Waals surface area contributed by atoms with E-state index >= 15 is 0 Å². The molecule has 0 atom stereocenters. The third kappa shape index (κ3) is 12.4. The SMILES string of the molecule is CCCCC(CCCC)(CCCC)CCCCCCCCC(C(=O)O)C(=O)O. The molecule has 0 heterocycles. The maximum absolute atomic E-state index is 10.9. The van der Waals surface area contributed by atoms with E-state index in [1.807, 2.05) is 0 Å². The first-order chi connectivity index (χ1) is 13.4. The van der Waals surface area contributed by atoms with Crippen molar-refractivity contribution >= 4 is 11.9 Å². The van der Waals surface area contributed by atoms with Gasteiger partial charge in [0, 0.05) is 0 Å². The van der Waals surface area contributed by atoms with Crippen molar-refractivity contribution in [2.45, 2.75) is 130 Å². The standard InChI is InChI=1S/C24H46O4/c1-4-7-17-24(18-8-5-2,19-9-6-3)20-15-13-11-10-12-14-16-21(22(25)26)23(27)28/h21H,4-20H2,1-3H3,(H,25,26)(H,27,28). The Morgan fingerprint density at radius 1 is 0.607 bits per heavy atom. The minimum Gasteiger partial charge on any atom is -0.481 e. The Morgan fingerprint density at radius 3 is 1.36 bits per heavy atom. The maximum atomic E-state index is 10.9. The van der Waals surface area contributed by atoms with Crippen LogP contribution >= 0.6 is 0 Å². The van der Waals surface area contributed by atoms with Crippen molar-refractivity contribution in [3.05, 3.63) is 0 Å². The number of carbonyl (C=O) groups is 2. The summed E-state index contributed by atoms with van der Waals surface area (Å²) in [7, 11) is 0. The molecular formula is C24H46O4. The fourth-order valence-electron chi connectivity index (χ4n) is 4.31. The van der Waals surface area contributed by atoms with Crippen LogP contribution in [0.15, 0.2) is 0 Å². The van der Waals surface area contributed by atoms with Crippen LogP contribution in [0, 0.1) is 11.3 Å². The van der Waals surface area contributed by atoms with Crippen LogP contribution in [0.5, 0.6) is 0 Å². The normalized spacial score (nSPS) is 11.9. The summed E-state index contributed by atoms with van der Waals surface area (Å²) in [5.41, 5.74) is 0.554. The largest absolute Gasteiger partial charge is 0.481 e. The first-order valence-corrected chi connectivity index (χ1v) is 11.9. The molecule has 0 aliphatic carbocycles. The van der Waals surface area contributed by atoms with Crippen LogP contribution in [-0.2, 0) is 9.59 Å². The Hall–Kier alpha value is -1.06. The lowest BCUT2D eigenvalue weighted by Gasteiger charge is -2.35. The molecule has 0 rings (SSSR count). The average Bonchev–Trinajstić information content (AvgIpc) is 2.66. The van der Waals surface area contributed by atoms with E-state index < -0.39 is 17.9 Å². The van der Waals surface area contributed by atoms with E-state index in [-0.39, 0.29) is 6.42 Å². The van der Waals surface area contributed by atoms with Crippen LogP contribution in [-0.4, -0.2) is 22.2 Å². The fraction of sp³-hybridized carbons (Fsp3) is 0.917. The highest BCUT2D eigenvalue weighted by Gasteiger charge is 2.27. The molecular weight excluding hydrogens is 352 g/mol. The van der Waals surface area contributed by atoms with E-state index in [0.717, 1.165) is 12.8 Å². The summed E-state index contributed by atoms with van der Waals surface area (Å²) in [6.45, 7) is 6.89. The molecule has 0 aromatic heterocycles. The zero-order chi connectivity index (χ0) is 21.3. The Bertz CT molecular complexity index is 370. The van der Waals surface area contributed by atoms with Gasteiger partial charge >= 0.3 is 11.9 Å². The molecule has 0 radical (unpaired) electrons. The lowest BCUT2D eigenvalue weighted by molar-refractivity contribution is -0.154. The second kappa shape index (κ2) is 16.9. The smallest absolute Gasteiger partial charge is 0.317 e. The van der Waals surface area contributed by atoms with E-state index in [2.05, 4.69) is 20.8 Å². The van der Waals surface area contributed by atoms with Gasteiger partial charge in [0.2, 0.25) is 0 Å².